The van der Waals surface area contributed by atoms with Gasteiger partial charge in [0.2, 0.25) is 5.91 Å². The molecule has 0 aliphatic carbocycles. The third-order valence-electron chi connectivity index (χ3n) is 8.60. The van der Waals surface area contributed by atoms with Crippen molar-refractivity contribution in [2.45, 2.75) is 84.7 Å². The van der Waals surface area contributed by atoms with E-state index in [9.17, 15) is 24.1 Å². The number of phosphoric acid groups is 1. The molecular weight excluding hydrogens is 661 g/mol. The second-order valence-electron chi connectivity index (χ2n) is 14.4. The number of phenolic OH excluding ortho intramolecular Hbond substituents is 1. The molecule has 3 N–H and O–H groups in total. The smallest absolute Gasteiger partial charge is 0.469 e. The maximum Gasteiger partial charge on any atom is 0.469 e. The van der Waals surface area contributed by atoms with E-state index in [1.165, 1.54) is 22.5 Å². The van der Waals surface area contributed by atoms with Gasteiger partial charge in [0.1, 0.15) is 16.8 Å². The van der Waals surface area contributed by atoms with Gasteiger partial charge in [0.05, 0.1) is 29.4 Å². The number of carbonyl (C=O) groups is 3. The molecule has 48 heavy (non-hydrogen) atoms. The first-order valence-electron chi connectivity index (χ1n) is 16.3. The lowest BCUT2D eigenvalue weighted by Crippen LogP contribution is -2.76. The van der Waals surface area contributed by atoms with Crippen LogP contribution < -0.4 is 0 Å². The van der Waals surface area contributed by atoms with Gasteiger partial charge in [0.15, 0.2) is 12.3 Å². The molecule has 3 aliphatic rings. The van der Waals surface area contributed by atoms with Crippen LogP contribution in [0, 0.1) is 11.3 Å². The molecule has 0 unspecified atom stereocenters. The second-order valence-corrected chi connectivity index (χ2v) is 16.7. The number of likely N-dealkylation sites (tertiary alicyclic amines) is 1. The van der Waals surface area contributed by atoms with Crippen molar-refractivity contribution in [2.24, 2.45) is 11.3 Å². The lowest BCUT2D eigenvalue weighted by Gasteiger charge is -2.57. The second kappa shape index (κ2) is 14.5. The number of phosphoric ester groups is 1. The van der Waals surface area contributed by atoms with E-state index in [2.05, 4.69) is 14.4 Å². The number of fused-ring (bicyclic) bond motifs is 2. The third-order valence-corrected chi connectivity index (χ3v) is 10.1. The Hall–Kier alpha value is -2.91. The van der Waals surface area contributed by atoms with Crippen LogP contribution in [0.25, 0.3) is 16.3 Å². The average Bonchev–Trinajstić information content (AvgIpc) is 3.36. The van der Waals surface area contributed by atoms with Crippen molar-refractivity contribution in [1.29, 1.82) is 0 Å². The van der Waals surface area contributed by atoms with Gasteiger partial charge in [-0.25, -0.2) is 9.55 Å². The summed E-state index contributed by atoms with van der Waals surface area (Å²) >= 11 is 1.37. The number of nitrogens with zero attached hydrogens (tertiary/aromatic N) is 5. The number of aromatic nitrogens is 1. The number of benzene rings is 1. The van der Waals surface area contributed by atoms with E-state index in [0.717, 1.165) is 4.70 Å². The third kappa shape index (κ3) is 8.81. The van der Waals surface area contributed by atoms with Crippen molar-refractivity contribution in [3.63, 3.8) is 0 Å². The molecule has 3 atom stereocenters. The van der Waals surface area contributed by atoms with Crippen molar-refractivity contribution >= 4 is 53.2 Å². The standard InChI is InChI=1S/C32H46N5O9PS/c1-20(2)14-25-31(41)36-24(16-32(3,4)5)30(40)35(21-17-34(18-21)12-6-7-13-45-47(42,43)44)19-28(36)37(46-25)29(39)11-10-27-33-23-15-22(38)8-9-26(23)48-27/h8-11,15,20-21,24-25,28,38H,6-7,12-14,16-19H2,1-5H3,(H2,42,43,44)/b11-10+/t24-,25+,28-/m0/s1. The molecule has 0 radical (unpaired) electrons. The summed E-state index contributed by atoms with van der Waals surface area (Å²) in [5.41, 5.74) is 0.321. The molecule has 1 aromatic carbocycles. The summed E-state index contributed by atoms with van der Waals surface area (Å²) in [7, 11) is -4.49. The van der Waals surface area contributed by atoms with Gasteiger partial charge in [0, 0.05) is 25.2 Å². The van der Waals surface area contributed by atoms with Gasteiger partial charge in [-0.3, -0.25) is 28.6 Å². The fourth-order valence-electron chi connectivity index (χ4n) is 6.41. The molecule has 4 heterocycles. The molecule has 264 valence electrons. The lowest BCUT2D eigenvalue weighted by atomic mass is 9.84. The summed E-state index contributed by atoms with van der Waals surface area (Å²) in [6, 6.07) is 4.01. The molecule has 16 heteroatoms. The normalized spacial score (nSPS) is 23.1. The van der Waals surface area contributed by atoms with Crippen molar-refractivity contribution in [1.82, 2.24) is 24.7 Å². The largest absolute Gasteiger partial charge is 0.508 e. The van der Waals surface area contributed by atoms with Gasteiger partial charge in [-0.15, -0.1) is 11.3 Å². The zero-order valence-corrected chi connectivity index (χ0v) is 29.7. The molecule has 5 rings (SSSR count). The van der Waals surface area contributed by atoms with Crippen LogP contribution in [0.2, 0.25) is 0 Å². The minimum absolute atomic E-state index is 0.0368. The van der Waals surface area contributed by atoms with Crippen molar-refractivity contribution in [3.05, 3.63) is 29.3 Å². The first kappa shape index (κ1) is 36.4. The predicted octanol–water partition coefficient (Wildman–Crippen LogP) is 3.58. The van der Waals surface area contributed by atoms with Crippen LogP contribution in [0.1, 0.15) is 65.3 Å². The zero-order chi connectivity index (χ0) is 35.0. The summed E-state index contributed by atoms with van der Waals surface area (Å²) < 4.78 is 16.3. The number of rotatable bonds is 12. The number of unbranched alkanes of at least 4 members (excludes halogenated alkanes) is 1. The SMILES string of the molecule is CC(C)C[C@H]1ON(C(=O)/C=C/c2nc3cc(O)ccc3s2)[C@H]2CN(C3CN(CCCCOP(=O)(O)O)C3)C(=O)[C@H](CC(C)(C)C)N2C1=O. The van der Waals surface area contributed by atoms with Crippen molar-refractivity contribution in [3.8, 4) is 5.75 Å². The maximum absolute atomic E-state index is 14.2. The number of amides is 3. The van der Waals surface area contributed by atoms with E-state index in [4.69, 9.17) is 14.6 Å². The Morgan fingerprint density at radius 1 is 1.17 bits per heavy atom. The van der Waals surface area contributed by atoms with E-state index in [1.54, 1.807) is 34.1 Å². The minimum Gasteiger partial charge on any atom is -0.508 e. The molecule has 3 amide bonds. The van der Waals surface area contributed by atoms with Crippen LogP contribution in [0.5, 0.6) is 5.75 Å². The number of thiazole rings is 1. The van der Waals surface area contributed by atoms with Crippen LogP contribution in [-0.2, 0) is 28.3 Å². The summed E-state index contributed by atoms with van der Waals surface area (Å²) in [5.74, 6) is -0.692. The fourth-order valence-corrected chi connectivity index (χ4v) is 7.63. The van der Waals surface area contributed by atoms with Gasteiger partial charge < -0.3 is 24.7 Å². The van der Waals surface area contributed by atoms with Crippen LogP contribution in [0.3, 0.4) is 0 Å². The Balaban J connectivity index is 1.36. The monoisotopic (exact) mass is 707 g/mol. The average molecular weight is 708 g/mol. The van der Waals surface area contributed by atoms with Gasteiger partial charge in [0.25, 0.3) is 11.8 Å². The van der Waals surface area contributed by atoms with Gasteiger partial charge in [-0.1, -0.05) is 34.6 Å². The molecule has 0 bridgehead atoms. The fraction of sp³-hybridized carbons (Fsp3) is 0.625. The Morgan fingerprint density at radius 2 is 1.90 bits per heavy atom. The highest BCUT2D eigenvalue weighted by atomic mass is 32.1. The molecule has 3 saturated heterocycles. The van der Waals surface area contributed by atoms with Crippen molar-refractivity contribution < 1.29 is 43.2 Å². The first-order valence-corrected chi connectivity index (χ1v) is 18.7. The highest BCUT2D eigenvalue weighted by Crippen LogP contribution is 2.37. The lowest BCUT2D eigenvalue weighted by molar-refractivity contribution is -0.276. The summed E-state index contributed by atoms with van der Waals surface area (Å²) in [6.45, 7) is 12.0. The number of hydrogen-bond donors (Lipinski definition) is 3. The summed E-state index contributed by atoms with van der Waals surface area (Å²) in [6.07, 6.45) is 3.18. The van der Waals surface area contributed by atoms with E-state index >= 15 is 0 Å². The molecule has 0 spiro atoms. The predicted molar refractivity (Wildman–Crippen MR) is 179 cm³/mol. The number of piperazine rings is 1. The first-order chi connectivity index (χ1) is 22.5. The molecule has 1 aromatic heterocycles. The molecule has 0 saturated carbocycles. The Labute approximate surface area is 284 Å². The van der Waals surface area contributed by atoms with Gasteiger partial charge >= 0.3 is 7.82 Å². The van der Waals surface area contributed by atoms with Crippen LogP contribution in [0.4, 0.5) is 0 Å². The van der Waals surface area contributed by atoms with E-state index in [-0.39, 0.29) is 48.1 Å². The number of hydrogen-bond acceptors (Lipinski definition) is 10. The molecule has 2 aromatic rings. The molecular formula is C32H46N5O9PS. The van der Waals surface area contributed by atoms with Crippen molar-refractivity contribution in [2.75, 3.05) is 32.8 Å². The Kier molecular flexibility index (Phi) is 11.0. The number of aromatic hydroxyl groups is 1. The van der Waals surface area contributed by atoms with E-state index in [1.807, 2.05) is 34.6 Å². The van der Waals surface area contributed by atoms with Gasteiger partial charge in [-0.2, -0.15) is 5.06 Å². The van der Waals surface area contributed by atoms with E-state index in [0.29, 0.717) is 55.8 Å². The highest BCUT2D eigenvalue weighted by molar-refractivity contribution is 7.46. The topological polar surface area (TPSA) is 173 Å². The molecule has 3 fully saturated rings. The number of hydroxylamine groups is 2. The van der Waals surface area contributed by atoms with Gasteiger partial charge in [-0.05, 0) is 61.8 Å². The highest BCUT2D eigenvalue weighted by Gasteiger charge is 2.55. The quantitative estimate of drug-likeness (QED) is 0.167. The summed E-state index contributed by atoms with van der Waals surface area (Å²) in [4.78, 5) is 76.1. The minimum atomic E-state index is -4.49. The number of carbonyl (C=O) groups excluding carboxylic acids is 3. The Morgan fingerprint density at radius 3 is 2.56 bits per heavy atom. The zero-order valence-electron chi connectivity index (χ0n) is 28.0. The van der Waals surface area contributed by atoms with Crippen LogP contribution in [0.15, 0.2) is 24.3 Å². The summed E-state index contributed by atoms with van der Waals surface area (Å²) in [5, 5.41) is 11.6. The molecule has 14 nitrogen and oxygen atoms in total. The van der Waals surface area contributed by atoms with Crippen LogP contribution in [-0.4, -0.2) is 115 Å². The van der Waals surface area contributed by atoms with E-state index < -0.39 is 32.0 Å². The molecule has 3 aliphatic heterocycles. The number of phenols is 1. The Bertz CT molecular complexity index is 1580. The maximum atomic E-state index is 14.2. The van der Waals surface area contributed by atoms with Crippen LogP contribution >= 0.6 is 19.2 Å².